The van der Waals surface area contributed by atoms with E-state index in [9.17, 15) is 9.59 Å². The quantitative estimate of drug-likeness (QED) is 0.594. The first-order valence-corrected chi connectivity index (χ1v) is 5.55. The highest BCUT2D eigenvalue weighted by Crippen LogP contribution is 2.07. The number of ether oxygens (including phenoxy) is 1. The lowest BCUT2D eigenvalue weighted by Crippen LogP contribution is -2.49. The van der Waals surface area contributed by atoms with E-state index in [1.54, 1.807) is 11.8 Å². The molecule has 1 atom stereocenters. The van der Waals surface area contributed by atoms with E-state index in [2.05, 4.69) is 15.4 Å². The second-order valence-corrected chi connectivity index (χ2v) is 4.03. The third-order valence-electron chi connectivity index (χ3n) is 1.87. The summed E-state index contributed by atoms with van der Waals surface area (Å²) in [7, 11) is 1.29. The minimum atomic E-state index is -0.429. The molecule has 0 radical (unpaired) electrons. The Bertz CT molecular complexity index is 217. The van der Waals surface area contributed by atoms with Gasteiger partial charge in [0.1, 0.15) is 6.54 Å². The molecule has 1 heterocycles. The first-order chi connectivity index (χ1) is 6.74. The lowest BCUT2D eigenvalue weighted by Gasteiger charge is -2.21. The molecule has 14 heavy (non-hydrogen) atoms. The predicted molar refractivity (Wildman–Crippen MR) is 54.1 cm³/mol. The molecule has 0 aromatic carbocycles. The van der Waals surface area contributed by atoms with Gasteiger partial charge in [-0.3, -0.25) is 9.59 Å². The Hall–Kier alpha value is -0.750. The van der Waals surface area contributed by atoms with Gasteiger partial charge < -0.3 is 15.4 Å². The van der Waals surface area contributed by atoms with Crippen molar-refractivity contribution in [3.05, 3.63) is 0 Å². The fraction of sp³-hybridized carbons (Fsp3) is 0.750. The Labute approximate surface area is 86.9 Å². The maximum absolute atomic E-state index is 11.4. The molecule has 0 aliphatic carbocycles. The molecule has 1 unspecified atom stereocenters. The Morgan fingerprint density at radius 1 is 1.64 bits per heavy atom. The summed E-state index contributed by atoms with van der Waals surface area (Å²) >= 11 is 1.73. The van der Waals surface area contributed by atoms with Crippen molar-refractivity contribution in [1.29, 1.82) is 0 Å². The summed E-state index contributed by atoms with van der Waals surface area (Å²) < 4.78 is 4.41. The Balaban J connectivity index is 2.23. The fourth-order valence-electron chi connectivity index (χ4n) is 1.09. The molecular formula is C8H14N2O3S. The van der Waals surface area contributed by atoms with Crippen molar-refractivity contribution >= 4 is 23.6 Å². The first-order valence-electron chi connectivity index (χ1n) is 4.39. The number of nitrogens with one attached hydrogen (secondary N) is 2. The van der Waals surface area contributed by atoms with Crippen LogP contribution in [0.1, 0.15) is 0 Å². The van der Waals surface area contributed by atoms with Gasteiger partial charge in [0.05, 0.1) is 13.2 Å². The van der Waals surface area contributed by atoms with Crippen molar-refractivity contribution in [1.82, 2.24) is 10.6 Å². The van der Waals surface area contributed by atoms with Gasteiger partial charge in [0, 0.05) is 18.1 Å². The van der Waals surface area contributed by atoms with E-state index >= 15 is 0 Å². The third-order valence-corrected chi connectivity index (χ3v) is 2.93. The fourth-order valence-corrected chi connectivity index (χ4v) is 2.02. The Morgan fingerprint density at radius 2 is 2.43 bits per heavy atom. The molecule has 2 N–H and O–H groups in total. The van der Waals surface area contributed by atoms with Crippen molar-refractivity contribution < 1.29 is 14.3 Å². The topological polar surface area (TPSA) is 67.4 Å². The lowest BCUT2D eigenvalue weighted by atomic mass is 10.3. The van der Waals surface area contributed by atoms with Crippen LogP contribution >= 0.6 is 11.8 Å². The van der Waals surface area contributed by atoms with E-state index in [1.165, 1.54) is 7.11 Å². The molecule has 1 amide bonds. The van der Waals surface area contributed by atoms with Crippen molar-refractivity contribution in [3.63, 3.8) is 0 Å². The SMILES string of the molecule is COC(=O)CNC(=O)C1CSCCN1. The molecule has 0 bridgehead atoms. The number of esters is 1. The largest absolute Gasteiger partial charge is 0.468 e. The zero-order valence-electron chi connectivity index (χ0n) is 8.04. The molecule has 1 fully saturated rings. The van der Waals surface area contributed by atoms with Crippen LogP contribution in [0.5, 0.6) is 0 Å². The average Bonchev–Trinajstić information content (AvgIpc) is 2.26. The second kappa shape index (κ2) is 5.87. The van der Waals surface area contributed by atoms with Gasteiger partial charge in [-0.15, -0.1) is 0 Å². The van der Waals surface area contributed by atoms with Gasteiger partial charge >= 0.3 is 5.97 Å². The van der Waals surface area contributed by atoms with Crippen LogP contribution in [-0.2, 0) is 14.3 Å². The normalized spacial score (nSPS) is 21.4. The molecule has 1 rings (SSSR count). The highest BCUT2D eigenvalue weighted by Gasteiger charge is 2.20. The number of hydrogen-bond donors (Lipinski definition) is 2. The third kappa shape index (κ3) is 3.55. The Morgan fingerprint density at radius 3 is 3.00 bits per heavy atom. The predicted octanol–water partition coefficient (Wildman–Crippen LogP) is -1.02. The number of methoxy groups -OCH3 is 1. The van der Waals surface area contributed by atoms with Gasteiger partial charge in [-0.05, 0) is 0 Å². The van der Waals surface area contributed by atoms with Crippen LogP contribution in [-0.4, -0.2) is 49.6 Å². The zero-order valence-corrected chi connectivity index (χ0v) is 8.86. The van der Waals surface area contributed by atoms with Crippen LogP contribution in [0.4, 0.5) is 0 Å². The summed E-state index contributed by atoms with van der Waals surface area (Å²) in [5.41, 5.74) is 0. The highest BCUT2D eigenvalue weighted by atomic mass is 32.2. The van der Waals surface area contributed by atoms with Gasteiger partial charge in [-0.1, -0.05) is 0 Å². The Kier molecular flexibility index (Phi) is 4.75. The average molecular weight is 218 g/mol. The number of carbonyl (C=O) groups excluding carboxylic acids is 2. The summed E-state index contributed by atoms with van der Waals surface area (Å²) in [5, 5.41) is 5.59. The second-order valence-electron chi connectivity index (χ2n) is 2.88. The molecule has 80 valence electrons. The molecular weight excluding hydrogens is 204 g/mol. The maximum atomic E-state index is 11.4. The van der Waals surface area contributed by atoms with Gasteiger partial charge in [-0.25, -0.2) is 0 Å². The van der Waals surface area contributed by atoms with E-state index in [0.29, 0.717) is 0 Å². The van der Waals surface area contributed by atoms with Crippen LogP contribution in [0.15, 0.2) is 0 Å². The number of hydrogen-bond acceptors (Lipinski definition) is 5. The molecule has 0 spiro atoms. The summed E-state index contributed by atoms with van der Waals surface area (Å²) in [6, 6.07) is -0.182. The maximum Gasteiger partial charge on any atom is 0.325 e. The number of amides is 1. The van der Waals surface area contributed by atoms with Crippen molar-refractivity contribution in [2.24, 2.45) is 0 Å². The van der Waals surface area contributed by atoms with Crippen LogP contribution in [0, 0.1) is 0 Å². The van der Waals surface area contributed by atoms with E-state index in [-0.39, 0.29) is 18.5 Å². The molecule has 1 saturated heterocycles. The summed E-state index contributed by atoms with van der Waals surface area (Å²) in [4.78, 5) is 22.2. The molecule has 0 aromatic heterocycles. The van der Waals surface area contributed by atoms with Crippen LogP contribution < -0.4 is 10.6 Å². The molecule has 1 aliphatic heterocycles. The smallest absolute Gasteiger partial charge is 0.325 e. The molecule has 0 saturated carbocycles. The van der Waals surface area contributed by atoms with E-state index in [1.807, 2.05) is 0 Å². The number of carbonyl (C=O) groups is 2. The van der Waals surface area contributed by atoms with Crippen molar-refractivity contribution in [2.75, 3.05) is 31.7 Å². The van der Waals surface area contributed by atoms with E-state index in [4.69, 9.17) is 0 Å². The summed E-state index contributed by atoms with van der Waals surface area (Å²) in [5.74, 6) is 1.22. The number of rotatable bonds is 3. The standard InChI is InChI=1S/C8H14N2O3S/c1-13-7(11)4-10-8(12)6-5-14-3-2-9-6/h6,9H,2-5H2,1H3,(H,10,12). The summed E-state index contributed by atoms with van der Waals surface area (Å²) in [6.07, 6.45) is 0. The van der Waals surface area contributed by atoms with Gasteiger partial charge in [0.15, 0.2) is 0 Å². The first kappa shape index (κ1) is 11.3. The minimum Gasteiger partial charge on any atom is -0.468 e. The molecule has 5 nitrogen and oxygen atoms in total. The summed E-state index contributed by atoms with van der Waals surface area (Å²) in [6.45, 7) is 0.777. The number of thioether (sulfide) groups is 1. The highest BCUT2D eigenvalue weighted by molar-refractivity contribution is 7.99. The van der Waals surface area contributed by atoms with Crippen LogP contribution in [0.3, 0.4) is 0 Å². The van der Waals surface area contributed by atoms with Crippen LogP contribution in [0.2, 0.25) is 0 Å². The van der Waals surface area contributed by atoms with E-state index < -0.39 is 5.97 Å². The van der Waals surface area contributed by atoms with Crippen molar-refractivity contribution in [2.45, 2.75) is 6.04 Å². The van der Waals surface area contributed by atoms with Crippen molar-refractivity contribution in [3.8, 4) is 0 Å². The van der Waals surface area contributed by atoms with Gasteiger partial charge in [0.25, 0.3) is 0 Å². The van der Waals surface area contributed by atoms with E-state index in [0.717, 1.165) is 18.1 Å². The van der Waals surface area contributed by atoms with Gasteiger partial charge in [0.2, 0.25) is 5.91 Å². The van der Waals surface area contributed by atoms with Crippen LogP contribution in [0.25, 0.3) is 0 Å². The molecule has 0 aromatic rings. The lowest BCUT2D eigenvalue weighted by molar-refractivity contribution is -0.141. The minimum absolute atomic E-state index is 0.0574. The molecule has 1 aliphatic rings. The molecule has 6 heteroatoms. The monoisotopic (exact) mass is 218 g/mol. The van der Waals surface area contributed by atoms with Gasteiger partial charge in [-0.2, -0.15) is 11.8 Å². The zero-order chi connectivity index (χ0) is 10.4.